The van der Waals surface area contributed by atoms with E-state index in [4.69, 9.17) is 5.73 Å². The molecule has 3 N–H and O–H groups in total. The number of rotatable bonds is 5. The predicted octanol–water partition coefficient (Wildman–Crippen LogP) is 0.476. The third kappa shape index (κ3) is 3.29. The summed E-state index contributed by atoms with van der Waals surface area (Å²) in [6.45, 7) is 1.50. The van der Waals surface area contributed by atoms with Gasteiger partial charge in [-0.05, 0) is 43.5 Å². The minimum absolute atomic E-state index is 0.174. The maximum absolute atomic E-state index is 12.4. The lowest BCUT2D eigenvalue weighted by Crippen LogP contribution is -2.39. The second-order valence-electron chi connectivity index (χ2n) is 5.13. The van der Waals surface area contributed by atoms with Gasteiger partial charge in [0.2, 0.25) is 15.9 Å². The molecule has 0 aliphatic heterocycles. The number of benzene rings is 1. The number of hydrogen-bond acceptors (Lipinski definition) is 4. The number of carbonyl (C=O) groups excluding carboxylic acids is 1. The van der Waals surface area contributed by atoms with Gasteiger partial charge in [-0.2, -0.15) is 4.31 Å². The number of nitrogens with one attached hydrogen (secondary N) is 1. The maximum Gasteiger partial charge on any atom is 0.243 e. The lowest BCUT2D eigenvalue weighted by atomic mass is 10.2. The largest absolute Gasteiger partial charge is 0.399 e. The first-order valence-electron chi connectivity index (χ1n) is 6.42. The summed E-state index contributed by atoms with van der Waals surface area (Å²) >= 11 is 0. The van der Waals surface area contributed by atoms with Crippen LogP contribution in [0.2, 0.25) is 0 Å². The number of sulfonamides is 1. The summed E-state index contributed by atoms with van der Waals surface area (Å²) in [6, 6.07) is 4.83. The Kier molecular flexibility index (Phi) is 4.01. The zero-order chi connectivity index (χ0) is 14.9. The molecule has 0 radical (unpaired) electrons. The maximum atomic E-state index is 12.4. The van der Waals surface area contributed by atoms with Crippen LogP contribution in [-0.4, -0.2) is 38.3 Å². The molecule has 1 aliphatic rings. The van der Waals surface area contributed by atoms with Crippen LogP contribution in [-0.2, 0) is 14.8 Å². The van der Waals surface area contributed by atoms with Gasteiger partial charge in [-0.3, -0.25) is 4.79 Å². The van der Waals surface area contributed by atoms with Gasteiger partial charge in [0.1, 0.15) is 0 Å². The monoisotopic (exact) mass is 297 g/mol. The normalized spacial score (nSPS) is 15.3. The van der Waals surface area contributed by atoms with Gasteiger partial charge in [0.25, 0.3) is 0 Å². The summed E-state index contributed by atoms with van der Waals surface area (Å²) in [5, 5.41) is 2.77. The number of nitrogen functional groups attached to an aromatic ring is 1. The van der Waals surface area contributed by atoms with Crippen molar-refractivity contribution in [3.8, 4) is 0 Å². The van der Waals surface area contributed by atoms with Gasteiger partial charge in [-0.25, -0.2) is 8.42 Å². The van der Waals surface area contributed by atoms with Crippen molar-refractivity contribution in [1.29, 1.82) is 0 Å². The summed E-state index contributed by atoms with van der Waals surface area (Å²) in [5.41, 5.74) is 6.70. The molecule has 0 spiro atoms. The quantitative estimate of drug-likeness (QED) is 0.773. The van der Waals surface area contributed by atoms with Crippen molar-refractivity contribution < 1.29 is 13.2 Å². The number of hydrogen-bond donors (Lipinski definition) is 2. The van der Waals surface area contributed by atoms with E-state index in [9.17, 15) is 13.2 Å². The fraction of sp³-hybridized carbons (Fsp3) is 0.462. The molecular weight excluding hydrogens is 278 g/mol. The van der Waals surface area contributed by atoms with E-state index < -0.39 is 10.0 Å². The molecule has 0 heterocycles. The molecule has 1 amide bonds. The van der Waals surface area contributed by atoms with Crippen molar-refractivity contribution >= 4 is 21.6 Å². The van der Waals surface area contributed by atoms with Crippen molar-refractivity contribution in [1.82, 2.24) is 9.62 Å². The fourth-order valence-electron chi connectivity index (χ4n) is 1.92. The van der Waals surface area contributed by atoms with Gasteiger partial charge in [0.05, 0.1) is 11.4 Å². The lowest BCUT2D eigenvalue weighted by molar-refractivity contribution is -0.121. The molecule has 0 bridgehead atoms. The molecule has 1 saturated carbocycles. The van der Waals surface area contributed by atoms with Gasteiger partial charge >= 0.3 is 0 Å². The summed E-state index contributed by atoms with van der Waals surface area (Å²) < 4.78 is 25.9. The summed E-state index contributed by atoms with van der Waals surface area (Å²) in [6.07, 6.45) is 1.94. The molecule has 110 valence electrons. The van der Waals surface area contributed by atoms with Crippen molar-refractivity contribution in [3.05, 3.63) is 23.8 Å². The van der Waals surface area contributed by atoms with E-state index in [-0.39, 0.29) is 23.4 Å². The highest BCUT2D eigenvalue weighted by atomic mass is 32.2. The van der Waals surface area contributed by atoms with Crippen LogP contribution in [0.4, 0.5) is 5.69 Å². The van der Waals surface area contributed by atoms with E-state index >= 15 is 0 Å². The third-order valence-electron chi connectivity index (χ3n) is 3.20. The van der Waals surface area contributed by atoms with Crippen LogP contribution in [0.1, 0.15) is 18.4 Å². The first-order chi connectivity index (χ1) is 9.30. The Balaban J connectivity index is 2.13. The molecule has 0 unspecified atom stereocenters. The Morgan fingerprint density at radius 2 is 2.10 bits per heavy atom. The van der Waals surface area contributed by atoms with Gasteiger partial charge in [-0.15, -0.1) is 0 Å². The van der Waals surface area contributed by atoms with Gasteiger partial charge in [-0.1, -0.05) is 0 Å². The molecule has 0 aromatic heterocycles. The van der Waals surface area contributed by atoms with Gasteiger partial charge < -0.3 is 11.1 Å². The van der Waals surface area contributed by atoms with E-state index in [0.717, 1.165) is 17.1 Å². The van der Waals surface area contributed by atoms with E-state index in [1.807, 2.05) is 0 Å². The van der Waals surface area contributed by atoms with Crippen LogP contribution < -0.4 is 11.1 Å². The number of nitrogens with zero attached hydrogens (tertiary/aromatic N) is 1. The number of aryl methyl sites for hydroxylation is 1. The Morgan fingerprint density at radius 1 is 1.45 bits per heavy atom. The van der Waals surface area contributed by atoms with Gasteiger partial charge in [0, 0.05) is 18.8 Å². The molecule has 1 fully saturated rings. The van der Waals surface area contributed by atoms with E-state index in [0.29, 0.717) is 11.3 Å². The Bertz CT molecular complexity index is 624. The summed E-state index contributed by atoms with van der Waals surface area (Å²) in [7, 11) is -2.28. The van der Waals surface area contributed by atoms with Crippen LogP contribution >= 0.6 is 0 Å². The third-order valence-corrected chi connectivity index (χ3v) is 5.16. The SMILES string of the molecule is Cc1cc(N)ccc1S(=O)(=O)N(C)CC(=O)NC1CC1. The second-order valence-corrected chi connectivity index (χ2v) is 7.14. The molecule has 0 saturated heterocycles. The molecule has 6 nitrogen and oxygen atoms in total. The van der Waals surface area contributed by atoms with Gasteiger partial charge in [0.15, 0.2) is 0 Å². The van der Waals surface area contributed by atoms with Crippen LogP contribution in [0.15, 0.2) is 23.1 Å². The minimum Gasteiger partial charge on any atom is -0.399 e. The molecule has 1 aromatic rings. The Morgan fingerprint density at radius 3 is 2.65 bits per heavy atom. The van der Waals surface area contributed by atoms with E-state index in [1.54, 1.807) is 13.0 Å². The molecular formula is C13H19N3O3S. The second kappa shape index (κ2) is 5.41. The number of likely N-dealkylation sites (N-methyl/N-ethyl adjacent to an activating group) is 1. The van der Waals surface area contributed by atoms with Crippen molar-refractivity contribution in [2.24, 2.45) is 0 Å². The molecule has 7 heteroatoms. The summed E-state index contributed by atoms with van der Waals surface area (Å²) in [4.78, 5) is 11.9. The number of nitrogens with two attached hydrogens (primary N) is 1. The molecule has 1 aromatic carbocycles. The highest BCUT2D eigenvalue weighted by Crippen LogP contribution is 2.21. The first kappa shape index (κ1) is 14.8. The van der Waals surface area contributed by atoms with Crippen LogP contribution in [0, 0.1) is 6.92 Å². The van der Waals surface area contributed by atoms with Crippen molar-refractivity contribution in [2.75, 3.05) is 19.3 Å². The van der Waals surface area contributed by atoms with E-state index in [2.05, 4.69) is 5.32 Å². The molecule has 20 heavy (non-hydrogen) atoms. The zero-order valence-corrected chi connectivity index (χ0v) is 12.4. The molecule has 2 rings (SSSR count). The van der Waals surface area contributed by atoms with Crippen molar-refractivity contribution in [3.63, 3.8) is 0 Å². The highest BCUT2D eigenvalue weighted by molar-refractivity contribution is 7.89. The standard InChI is InChI=1S/C13H19N3O3S/c1-9-7-10(14)3-6-12(9)20(18,19)16(2)8-13(17)15-11-4-5-11/h3,6-7,11H,4-5,8,14H2,1-2H3,(H,15,17). The minimum atomic E-state index is -3.68. The van der Waals surface area contributed by atoms with E-state index in [1.165, 1.54) is 19.2 Å². The fourth-order valence-corrected chi connectivity index (χ4v) is 3.25. The summed E-state index contributed by atoms with van der Waals surface area (Å²) in [5.74, 6) is -0.272. The molecule has 1 aliphatic carbocycles. The smallest absolute Gasteiger partial charge is 0.243 e. The topological polar surface area (TPSA) is 92.5 Å². The highest BCUT2D eigenvalue weighted by Gasteiger charge is 2.27. The first-order valence-corrected chi connectivity index (χ1v) is 7.86. The number of carbonyl (C=O) groups is 1. The Labute approximate surface area is 119 Å². The number of anilines is 1. The zero-order valence-electron chi connectivity index (χ0n) is 11.6. The molecule has 0 atom stereocenters. The van der Waals surface area contributed by atoms with Crippen LogP contribution in [0.25, 0.3) is 0 Å². The average molecular weight is 297 g/mol. The lowest BCUT2D eigenvalue weighted by Gasteiger charge is -2.18. The average Bonchev–Trinajstić information content (AvgIpc) is 3.11. The number of amides is 1. The Hall–Kier alpha value is -1.60. The van der Waals surface area contributed by atoms with Crippen LogP contribution in [0.5, 0.6) is 0 Å². The van der Waals surface area contributed by atoms with Crippen LogP contribution in [0.3, 0.4) is 0 Å². The predicted molar refractivity (Wildman–Crippen MR) is 76.6 cm³/mol. The van der Waals surface area contributed by atoms with Crippen molar-refractivity contribution in [2.45, 2.75) is 30.7 Å².